The predicted molar refractivity (Wildman–Crippen MR) is 62.8 cm³/mol. The highest BCUT2D eigenvalue weighted by Gasteiger charge is 2.32. The standard InChI is InChI=1S/C12H19F2NO4/c13-10(14)7-15(5-6-16)11(17)8-1-3-9(4-2-8)12(18)19/h8-10,16H,1-7H2,(H,18,19). The van der Waals surface area contributed by atoms with Gasteiger partial charge in [-0.05, 0) is 25.7 Å². The Bertz CT molecular complexity index is 317. The number of rotatable bonds is 6. The summed E-state index contributed by atoms with van der Waals surface area (Å²) in [6.45, 7) is -1.15. The van der Waals surface area contributed by atoms with Crippen LogP contribution in [-0.4, -0.2) is 53.1 Å². The van der Waals surface area contributed by atoms with Gasteiger partial charge < -0.3 is 15.1 Å². The summed E-state index contributed by atoms with van der Waals surface area (Å²) in [4.78, 5) is 23.8. The summed E-state index contributed by atoms with van der Waals surface area (Å²) < 4.78 is 24.7. The van der Waals surface area contributed by atoms with Gasteiger partial charge in [-0.15, -0.1) is 0 Å². The molecule has 1 rings (SSSR count). The molecule has 1 aliphatic carbocycles. The molecular weight excluding hydrogens is 260 g/mol. The van der Waals surface area contributed by atoms with Gasteiger partial charge in [0.05, 0.1) is 19.1 Å². The van der Waals surface area contributed by atoms with Crippen LogP contribution in [0.25, 0.3) is 0 Å². The molecule has 0 unspecified atom stereocenters. The zero-order chi connectivity index (χ0) is 14.4. The molecular formula is C12H19F2NO4. The first-order chi connectivity index (χ1) is 8.95. The Labute approximate surface area is 110 Å². The summed E-state index contributed by atoms with van der Waals surface area (Å²) >= 11 is 0. The molecule has 5 nitrogen and oxygen atoms in total. The number of halogens is 2. The van der Waals surface area contributed by atoms with Gasteiger partial charge in [0, 0.05) is 12.5 Å². The highest BCUT2D eigenvalue weighted by atomic mass is 19.3. The average molecular weight is 279 g/mol. The Morgan fingerprint density at radius 2 is 1.68 bits per heavy atom. The molecule has 1 fully saturated rings. The summed E-state index contributed by atoms with van der Waals surface area (Å²) in [7, 11) is 0. The Kier molecular flexibility index (Phi) is 6.14. The number of aliphatic hydroxyl groups excluding tert-OH is 1. The lowest BCUT2D eigenvalue weighted by atomic mass is 9.81. The summed E-state index contributed by atoms with van der Waals surface area (Å²) in [6.07, 6.45) is -1.03. The second kappa shape index (κ2) is 7.37. The van der Waals surface area contributed by atoms with Crippen LogP contribution < -0.4 is 0 Å². The largest absolute Gasteiger partial charge is 0.481 e. The molecule has 0 bridgehead atoms. The third-order valence-corrected chi connectivity index (χ3v) is 3.47. The van der Waals surface area contributed by atoms with Crippen LogP contribution in [0, 0.1) is 11.8 Å². The number of carbonyl (C=O) groups excluding carboxylic acids is 1. The molecule has 0 saturated heterocycles. The number of carbonyl (C=O) groups is 2. The lowest BCUT2D eigenvalue weighted by Gasteiger charge is -2.30. The van der Waals surface area contributed by atoms with Gasteiger partial charge in [0.15, 0.2) is 0 Å². The number of amides is 1. The molecule has 0 aromatic carbocycles. The summed E-state index contributed by atoms with van der Waals surface area (Å²) in [5.41, 5.74) is 0. The van der Waals surface area contributed by atoms with Crippen molar-refractivity contribution in [2.45, 2.75) is 32.1 Å². The Morgan fingerprint density at radius 1 is 1.16 bits per heavy atom. The number of alkyl halides is 2. The average Bonchev–Trinajstić information content (AvgIpc) is 2.37. The first-order valence-electron chi connectivity index (χ1n) is 6.36. The number of aliphatic hydroxyl groups is 1. The minimum absolute atomic E-state index is 0.109. The summed E-state index contributed by atoms with van der Waals surface area (Å²) in [6, 6.07) is 0. The monoisotopic (exact) mass is 279 g/mol. The molecule has 0 spiro atoms. The van der Waals surface area contributed by atoms with Crippen molar-refractivity contribution >= 4 is 11.9 Å². The van der Waals surface area contributed by atoms with E-state index in [2.05, 4.69) is 0 Å². The molecule has 7 heteroatoms. The van der Waals surface area contributed by atoms with Crippen LogP contribution in [0.1, 0.15) is 25.7 Å². The van der Waals surface area contributed by atoms with Crippen LogP contribution >= 0.6 is 0 Å². The van der Waals surface area contributed by atoms with Gasteiger partial charge in [0.2, 0.25) is 5.91 Å². The maximum atomic E-state index is 12.4. The van der Waals surface area contributed by atoms with E-state index in [1.165, 1.54) is 0 Å². The first-order valence-corrected chi connectivity index (χ1v) is 6.36. The van der Waals surface area contributed by atoms with Gasteiger partial charge in [-0.25, -0.2) is 8.78 Å². The molecule has 0 aromatic heterocycles. The second-order valence-electron chi connectivity index (χ2n) is 4.79. The SMILES string of the molecule is O=C(O)C1CCC(C(=O)N(CCO)CC(F)F)CC1. The third kappa shape index (κ3) is 4.74. The van der Waals surface area contributed by atoms with E-state index < -0.39 is 36.7 Å². The van der Waals surface area contributed by atoms with E-state index in [1.807, 2.05) is 0 Å². The number of aliphatic carboxylic acids is 1. The number of carboxylic acids is 1. The van der Waals surface area contributed by atoms with Crippen LogP contribution in [0.2, 0.25) is 0 Å². The molecule has 1 amide bonds. The molecule has 0 atom stereocenters. The van der Waals surface area contributed by atoms with Crippen LogP contribution in [0.15, 0.2) is 0 Å². The van der Waals surface area contributed by atoms with E-state index in [0.29, 0.717) is 25.7 Å². The van der Waals surface area contributed by atoms with E-state index >= 15 is 0 Å². The molecule has 19 heavy (non-hydrogen) atoms. The molecule has 1 aliphatic rings. The fourth-order valence-corrected chi connectivity index (χ4v) is 2.42. The lowest BCUT2D eigenvalue weighted by Crippen LogP contribution is -2.42. The van der Waals surface area contributed by atoms with Crippen LogP contribution in [-0.2, 0) is 9.59 Å². The van der Waals surface area contributed by atoms with Crippen LogP contribution in [0.4, 0.5) is 8.78 Å². The van der Waals surface area contributed by atoms with Gasteiger partial charge in [-0.3, -0.25) is 9.59 Å². The second-order valence-corrected chi connectivity index (χ2v) is 4.79. The van der Waals surface area contributed by atoms with Crippen molar-refractivity contribution in [3.8, 4) is 0 Å². The zero-order valence-electron chi connectivity index (χ0n) is 10.6. The van der Waals surface area contributed by atoms with E-state index in [9.17, 15) is 18.4 Å². The highest BCUT2D eigenvalue weighted by Crippen LogP contribution is 2.30. The normalized spacial score (nSPS) is 23.4. The third-order valence-electron chi connectivity index (χ3n) is 3.47. The van der Waals surface area contributed by atoms with Crippen molar-refractivity contribution in [2.24, 2.45) is 11.8 Å². The van der Waals surface area contributed by atoms with Crippen LogP contribution in [0.3, 0.4) is 0 Å². The van der Waals surface area contributed by atoms with E-state index in [0.717, 1.165) is 4.90 Å². The molecule has 0 heterocycles. The van der Waals surface area contributed by atoms with E-state index in [-0.39, 0.29) is 13.2 Å². The molecule has 0 aliphatic heterocycles. The molecule has 110 valence electrons. The topological polar surface area (TPSA) is 77.8 Å². The Hall–Kier alpha value is -1.24. The van der Waals surface area contributed by atoms with Crippen molar-refractivity contribution in [3.63, 3.8) is 0 Å². The lowest BCUT2D eigenvalue weighted by molar-refractivity contribution is -0.146. The van der Waals surface area contributed by atoms with Gasteiger partial charge in [-0.2, -0.15) is 0 Å². The Morgan fingerprint density at radius 3 is 2.11 bits per heavy atom. The first kappa shape index (κ1) is 15.8. The van der Waals surface area contributed by atoms with Crippen LogP contribution in [0.5, 0.6) is 0 Å². The highest BCUT2D eigenvalue weighted by molar-refractivity contribution is 5.79. The molecule has 2 N–H and O–H groups in total. The minimum Gasteiger partial charge on any atom is -0.481 e. The summed E-state index contributed by atoms with van der Waals surface area (Å²) in [5, 5.41) is 17.6. The van der Waals surface area contributed by atoms with Gasteiger partial charge >= 0.3 is 5.97 Å². The van der Waals surface area contributed by atoms with E-state index in [1.54, 1.807) is 0 Å². The maximum Gasteiger partial charge on any atom is 0.306 e. The molecule has 0 radical (unpaired) electrons. The summed E-state index contributed by atoms with van der Waals surface area (Å²) in [5.74, 6) is -2.12. The van der Waals surface area contributed by atoms with Gasteiger partial charge in [0.1, 0.15) is 0 Å². The fraction of sp³-hybridized carbons (Fsp3) is 0.833. The van der Waals surface area contributed by atoms with Crippen molar-refractivity contribution in [1.82, 2.24) is 4.90 Å². The number of nitrogens with zero attached hydrogens (tertiary/aromatic N) is 1. The van der Waals surface area contributed by atoms with Crippen molar-refractivity contribution in [3.05, 3.63) is 0 Å². The fourth-order valence-electron chi connectivity index (χ4n) is 2.42. The minimum atomic E-state index is -2.63. The van der Waals surface area contributed by atoms with E-state index in [4.69, 9.17) is 10.2 Å². The quantitative estimate of drug-likeness (QED) is 0.759. The molecule has 0 aromatic rings. The number of carboxylic acid groups (broad SMARTS) is 1. The smallest absolute Gasteiger partial charge is 0.306 e. The molecule has 1 saturated carbocycles. The van der Waals surface area contributed by atoms with Crippen molar-refractivity contribution in [1.29, 1.82) is 0 Å². The van der Waals surface area contributed by atoms with Crippen molar-refractivity contribution in [2.75, 3.05) is 19.7 Å². The number of hydrogen-bond donors (Lipinski definition) is 2. The van der Waals surface area contributed by atoms with Gasteiger partial charge in [0.25, 0.3) is 6.43 Å². The Balaban J connectivity index is 2.53. The predicted octanol–water partition coefficient (Wildman–Crippen LogP) is 0.963. The van der Waals surface area contributed by atoms with Crippen molar-refractivity contribution < 1.29 is 28.6 Å². The van der Waals surface area contributed by atoms with Gasteiger partial charge in [-0.1, -0.05) is 0 Å². The zero-order valence-corrected chi connectivity index (χ0v) is 10.6. The maximum absolute atomic E-state index is 12.4. The number of hydrogen-bond acceptors (Lipinski definition) is 3.